The Bertz CT molecular complexity index is 268. The number of nitrogens with one attached hydrogen (secondary N) is 1. The molecule has 5 nitrogen and oxygen atoms in total. The fraction of sp³-hybridized carbons (Fsp3) is 0.750. The Morgan fingerprint density at radius 1 is 1.62 bits per heavy atom. The fourth-order valence-corrected chi connectivity index (χ4v) is 1.50. The Hall–Kier alpha value is -0.940. The van der Waals surface area contributed by atoms with Gasteiger partial charge in [0, 0.05) is 19.6 Å². The van der Waals surface area contributed by atoms with Gasteiger partial charge in [0.05, 0.1) is 0 Å². The predicted molar refractivity (Wildman–Crippen MR) is 44.9 cm³/mol. The monoisotopic (exact) mass is 183 g/mol. The summed E-state index contributed by atoms with van der Waals surface area (Å²) in [4.78, 5) is 4.12. The number of aromatic amines is 1. The molecule has 1 atom stereocenters. The molecule has 72 valence electrons. The van der Waals surface area contributed by atoms with E-state index in [1.165, 1.54) is 0 Å². The van der Waals surface area contributed by atoms with E-state index in [9.17, 15) is 0 Å². The Balaban J connectivity index is 1.92. The zero-order valence-electron chi connectivity index (χ0n) is 7.36. The van der Waals surface area contributed by atoms with Crippen LogP contribution in [0.25, 0.3) is 0 Å². The van der Waals surface area contributed by atoms with Crippen molar-refractivity contribution in [1.82, 2.24) is 15.2 Å². The summed E-state index contributed by atoms with van der Waals surface area (Å²) in [6.07, 6.45) is 1.93. The van der Waals surface area contributed by atoms with Crippen LogP contribution in [0.2, 0.25) is 0 Å². The lowest BCUT2D eigenvalue weighted by Gasteiger charge is -2.01. The summed E-state index contributed by atoms with van der Waals surface area (Å²) in [5.74, 6) is 1.86. The van der Waals surface area contributed by atoms with E-state index in [0.29, 0.717) is 11.7 Å². The van der Waals surface area contributed by atoms with Gasteiger partial charge in [0.1, 0.15) is 12.4 Å². The van der Waals surface area contributed by atoms with Crippen LogP contribution in [0.15, 0.2) is 0 Å². The zero-order chi connectivity index (χ0) is 9.10. The van der Waals surface area contributed by atoms with E-state index in [0.717, 1.165) is 31.9 Å². The molecule has 1 aliphatic heterocycles. The van der Waals surface area contributed by atoms with Crippen LogP contribution in [-0.4, -0.2) is 33.5 Å². The molecule has 0 aliphatic carbocycles. The number of aliphatic hydroxyl groups is 1. The summed E-state index contributed by atoms with van der Waals surface area (Å²) < 4.78 is 5.25. The highest BCUT2D eigenvalue weighted by Crippen LogP contribution is 2.15. The molecule has 1 saturated heterocycles. The van der Waals surface area contributed by atoms with Crippen LogP contribution in [-0.2, 0) is 17.8 Å². The lowest BCUT2D eigenvalue weighted by Crippen LogP contribution is -2.05. The van der Waals surface area contributed by atoms with Crippen molar-refractivity contribution in [2.75, 3.05) is 13.2 Å². The number of hydrogen-bond acceptors (Lipinski definition) is 4. The van der Waals surface area contributed by atoms with E-state index in [1.807, 2.05) is 0 Å². The van der Waals surface area contributed by atoms with Gasteiger partial charge in [0.15, 0.2) is 5.82 Å². The number of hydrogen-bond donors (Lipinski definition) is 2. The van der Waals surface area contributed by atoms with Gasteiger partial charge in [-0.3, -0.25) is 5.10 Å². The minimum absolute atomic E-state index is 0.0752. The van der Waals surface area contributed by atoms with Gasteiger partial charge in [-0.15, -0.1) is 0 Å². The largest absolute Gasteiger partial charge is 0.388 e. The first-order valence-electron chi connectivity index (χ1n) is 4.47. The quantitative estimate of drug-likeness (QED) is 0.685. The topological polar surface area (TPSA) is 71.0 Å². The van der Waals surface area contributed by atoms with Crippen LogP contribution in [0.3, 0.4) is 0 Å². The normalized spacial score (nSPS) is 22.4. The standard InChI is InChI=1S/C8H13N3O2/c12-4-8-9-7(10-11-8)3-6-1-2-13-5-6/h6,12H,1-5H2,(H,9,10,11). The average molecular weight is 183 g/mol. The first-order valence-corrected chi connectivity index (χ1v) is 4.47. The van der Waals surface area contributed by atoms with Crippen molar-refractivity contribution in [2.24, 2.45) is 5.92 Å². The third-order valence-electron chi connectivity index (χ3n) is 2.22. The summed E-state index contributed by atoms with van der Waals surface area (Å²) in [5.41, 5.74) is 0. The van der Waals surface area contributed by atoms with Crippen molar-refractivity contribution in [3.63, 3.8) is 0 Å². The smallest absolute Gasteiger partial charge is 0.151 e. The van der Waals surface area contributed by atoms with E-state index in [2.05, 4.69) is 15.2 Å². The Morgan fingerprint density at radius 2 is 2.54 bits per heavy atom. The third-order valence-corrected chi connectivity index (χ3v) is 2.22. The minimum Gasteiger partial charge on any atom is -0.388 e. The second kappa shape index (κ2) is 3.85. The zero-order valence-corrected chi connectivity index (χ0v) is 7.36. The van der Waals surface area contributed by atoms with Crippen LogP contribution >= 0.6 is 0 Å². The summed E-state index contributed by atoms with van der Waals surface area (Å²) in [5, 5.41) is 15.4. The second-order valence-corrected chi connectivity index (χ2v) is 3.29. The van der Waals surface area contributed by atoms with Gasteiger partial charge in [-0.25, -0.2) is 4.98 Å². The summed E-state index contributed by atoms with van der Waals surface area (Å²) in [6, 6.07) is 0. The number of H-pyrrole nitrogens is 1. The lowest BCUT2D eigenvalue weighted by molar-refractivity contribution is 0.185. The molecule has 0 amide bonds. The molecule has 1 aromatic rings. The van der Waals surface area contributed by atoms with Crippen LogP contribution < -0.4 is 0 Å². The van der Waals surface area contributed by atoms with E-state index >= 15 is 0 Å². The van der Waals surface area contributed by atoms with Gasteiger partial charge < -0.3 is 9.84 Å². The highest BCUT2D eigenvalue weighted by atomic mass is 16.5. The van der Waals surface area contributed by atoms with Crippen LogP contribution in [0, 0.1) is 5.92 Å². The van der Waals surface area contributed by atoms with Gasteiger partial charge >= 0.3 is 0 Å². The molecule has 0 radical (unpaired) electrons. The number of rotatable bonds is 3. The fourth-order valence-electron chi connectivity index (χ4n) is 1.50. The molecule has 0 spiro atoms. The van der Waals surface area contributed by atoms with Crippen LogP contribution in [0.5, 0.6) is 0 Å². The molecule has 5 heteroatoms. The first-order chi connectivity index (χ1) is 6.38. The molecule has 0 bridgehead atoms. The molecular weight excluding hydrogens is 170 g/mol. The Labute approximate surface area is 76.1 Å². The highest BCUT2D eigenvalue weighted by molar-refractivity contribution is 4.91. The number of ether oxygens (including phenoxy) is 1. The van der Waals surface area contributed by atoms with Gasteiger partial charge in [-0.2, -0.15) is 5.10 Å². The highest BCUT2D eigenvalue weighted by Gasteiger charge is 2.17. The maximum absolute atomic E-state index is 8.75. The summed E-state index contributed by atoms with van der Waals surface area (Å²) in [7, 11) is 0. The first kappa shape index (κ1) is 8.65. The van der Waals surface area contributed by atoms with Gasteiger partial charge in [-0.05, 0) is 12.3 Å². The molecule has 1 aromatic heterocycles. The van der Waals surface area contributed by atoms with Gasteiger partial charge in [0.2, 0.25) is 0 Å². The second-order valence-electron chi connectivity index (χ2n) is 3.29. The summed E-state index contributed by atoms with van der Waals surface area (Å²) >= 11 is 0. The Morgan fingerprint density at radius 3 is 3.15 bits per heavy atom. The van der Waals surface area contributed by atoms with Gasteiger partial charge in [0.25, 0.3) is 0 Å². The maximum Gasteiger partial charge on any atom is 0.151 e. The van der Waals surface area contributed by atoms with E-state index in [-0.39, 0.29) is 6.61 Å². The van der Waals surface area contributed by atoms with Crippen molar-refractivity contribution in [3.05, 3.63) is 11.6 Å². The van der Waals surface area contributed by atoms with E-state index in [1.54, 1.807) is 0 Å². The van der Waals surface area contributed by atoms with Crippen LogP contribution in [0.4, 0.5) is 0 Å². The van der Waals surface area contributed by atoms with E-state index < -0.39 is 0 Å². The third kappa shape index (κ3) is 2.05. The van der Waals surface area contributed by atoms with Gasteiger partial charge in [-0.1, -0.05) is 0 Å². The molecule has 2 N–H and O–H groups in total. The van der Waals surface area contributed by atoms with E-state index in [4.69, 9.17) is 9.84 Å². The molecule has 1 aliphatic rings. The SMILES string of the molecule is OCc1nc(CC2CCOC2)n[nH]1. The number of aliphatic hydroxyl groups excluding tert-OH is 1. The van der Waals surface area contributed by atoms with Crippen molar-refractivity contribution < 1.29 is 9.84 Å². The van der Waals surface area contributed by atoms with Crippen molar-refractivity contribution in [2.45, 2.75) is 19.4 Å². The molecule has 1 fully saturated rings. The maximum atomic E-state index is 8.75. The average Bonchev–Trinajstić information content (AvgIpc) is 2.76. The molecule has 13 heavy (non-hydrogen) atoms. The summed E-state index contributed by atoms with van der Waals surface area (Å²) in [6.45, 7) is 1.58. The molecule has 1 unspecified atom stereocenters. The van der Waals surface area contributed by atoms with Crippen molar-refractivity contribution in [3.8, 4) is 0 Å². The number of aromatic nitrogens is 3. The molecule has 2 rings (SSSR count). The lowest BCUT2D eigenvalue weighted by atomic mass is 10.1. The Kier molecular flexibility index (Phi) is 2.56. The molecule has 0 saturated carbocycles. The molecular formula is C8H13N3O2. The molecule has 2 heterocycles. The van der Waals surface area contributed by atoms with Crippen LogP contribution in [0.1, 0.15) is 18.1 Å². The molecule has 0 aromatic carbocycles. The minimum atomic E-state index is -0.0752. The predicted octanol–water partition coefficient (Wildman–Crippen LogP) is -0.124. The van der Waals surface area contributed by atoms with Crippen molar-refractivity contribution in [1.29, 1.82) is 0 Å². The van der Waals surface area contributed by atoms with Crippen molar-refractivity contribution >= 4 is 0 Å². The number of nitrogens with zero attached hydrogens (tertiary/aromatic N) is 2.